The molecule has 1 aromatic carbocycles. The number of anilines is 2. The molecule has 26 heavy (non-hydrogen) atoms. The Morgan fingerprint density at radius 1 is 1.23 bits per heavy atom. The number of nitrogens with zero attached hydrogens (tertiary/aromatic N) is 3. The number of aromatic nitrogens is 2. The van der Waals surface area contributed by atoms with Crippen LogP contribution in [0.4, 0.5) is 11.6 Å². The molecule has 0 atom stereocenters. The summed E-state index contributed by atoms with van der Waals surface area (Å²) < 4.78 is 0. The van der Waals surface area contributed by atoms with Gasteiger partial charge in [-0.2, -0.15) is 5.26 Å². The minimum Gasteiger partial charge on any atom is -0.350 e. The number of para-hydroxylation sites is 1. The van der Waals surface area contributed by atoms with E-state index in [1.54, 1.807) is 24.3 Å². The summed E-state index contributed by atoms with van der Waals surface area (Å²) in [4.78, 5) is 20.7. The van der Waals surface area contributed by atoms with E-state index in [-0.39, 0.29) is 11.9 Å². The molecule has 1 aliphatic carbocycles. The first-order valence-corrected chi connectivity index (χ1v) is 8.81. The van der Waals surface area contributed by atoms with Crippen molar-refractivity contribution in [2.24, 2.45) is 0 Å². The summed E-state index contributed by atoms with van der Waals surface area (Å²) in [6, 6.07) is 10.8. The third-order valence-corrected chi connectivity index (χ3v) is 4.30. The fraction of sp³-hybridized carbons (Fsp3) is 0.300. The van der Waals surface area contributed by atoms with Crippen LogP contribution in [-0.4, -0.2) is 22.4 Å². The van der Waals surface area contributed by atoms with Gasteiger partial charge in [0.15, 0.2) is 0 Å². The maximum atomic E-state index is 12.3. The highest BCUT2D eigenvalue weighted by Crippen LogP contribution is 2.19. The zero-order valence-electron chi connectivity index (χ0n) is 14.5. The summed E-state index contributed by atoms with van der Waals surface area (Å²) in [5, 5.41) is 15.0. The van der Waals surface area contributed by atoms with E-state index >= 15 is 0 Å². The normalized spacial score (nSPS) is 13.4. The smallest absolute Gasteiger partial charge is 0.270 e. The average molecular weight is 347 g/mol. The number of hydrogen-bond acceptors (Lipinski definition) is 5. The van der Waals surface area contributed by atoms with Crippen LogP contribution in [0.2, 0.25) is 0 Å². The highest BCUT2D eigenvalue weighted by molar-refractivity contribution is 5.92. The van der Waals surface area contributed by atoms with Crippen LogP contribution in [0.15, 0.2) is 48.2 Å². The predicted octanol–water partition coefficient (Wildman–Crippen LogP) is 3.71. The Labute approximate surface area is 153 Å². The van der Waals surface area contributed by atoms with E-state index in [0.29, 0.717) is 23.5 Å². The van der Waals surface area contributed by atoms with E-state index in [4.69, 9.17) is 5.26 Å². The minimum atomic E-state index is -0.222. The van der Waals surface area contributed by atoms with Crippen LogP contribution in [0.5, 0.6) is 0 Å². The number of allylic oxidation sites excluding steroid dienone is 1. The highest BCUT2D eigenvalue weighted by atomic mass is 16.1. The van der Waals surface area contributed by atoms with Crippen LogP contribution in [0.3, 0.4) is 0 Å². The number of carbonyl (C=O) groups is 1. The first-order chi connectivity index (χ1) is 12.8. The molecule has 1 amide bonds. The molecule has 3 rings (SSSR count). The Morgan fingerprint density at radius 2 is 2.12 bits per heavy atom. The fourth-order valence-corrected chi connectivity index (χ4v) is 2.91. The van der Waals surface area contributed by atoms with Gasteiger partial charge in [-0.05, 0) is 50.3 Å². The van der Waals surface area contributed by atoms with Crippen LogP contribution in [0.25, 0.3) is 0 Å². The lowest BCUT2D eigenvalue weighted by Gasteiger charge is -2.13. The first kappa shape index (κ1) is 17.6. The van der Waals surface area contributed by atoms with E-state index < -0.39 is 0 Å². The maximum Gasteiger partial charge on any atom is 0.270 e. The van der Waals surface area contributed by atoms with Gasteiger partial charge in [0.25, 0.3) is 5.91 Å². The quantitative estimate of drug-likeness (QED) is 0.777. The largest absolute Gasteiger partial charge is 0.350 e. The van der Waals surface area contributed by atoms with Gasteiger partial charge in [-0.1, -0.05) is 23.8 Å². The number of nitriles is 1. The van der Waals surface area contributed by atoms with Gasteiger partial charge in [-0.3, -0.25) is 4.79 Å². The average Bonchev–Trinajstić information content (AvgIpc) is 2.69. The van der Waals surface area contributed by atoms with Crippen LogP contribution < -0.4 is 10.6 Å². The molecule has 1 aromatic heterocycles. The van der Waals surface area contributed by atoms with Crippen molar-refractivity contribution in [1.82, 2.24) is 15.3 Å². The number of rotatable bonds is 6. The van der Waals surface area contributed by atoms with Crippen molar-refractivity contribution in [3.8, 4) is 6.07 Å². The summed E-state index contributed by atoms with van der Waals surface area (Å²) in [6.07, 6.45) is 9.49. The summed E-state index contributed by atoms with van der Waals surface area (Å²) in [5.74, 6) is 0.0655. The van der Waals surface area contributed by atoms with Gasteiger partial charge >= 0.3 is 0 Å². The predicted molar refractivity (Wildman–Crippen MR) is 100.0 cm³/mol. The molecule has 2 N–H and O–H groups in total. The van der Waals surface area contributed by atoms with Crippen LogP contribution >= 0.6 is 0 Å². The van der Waals surface area contributed by atoms with Crippen molar-refractivity contribution in [3.05, 3.63) is 59.4 Å². The molecular weight excluding hydrogens is 326 g/mol. The van der Waals surface area contributed by atoms with Crippen molar-refractivity contribution >= 4 is 17.5 Å². The number of amides is 1. The molecule has 132 valence electrons. The van der Waals surface area contributed by atoms with Gasteiger partial charge in [-0.15, -0.1) is 0 Å². The molecule has 1 heterocycles. The number of hydrogen-bond donors (Lipinski definition) is 2. The minimum absolute atomic E-state index is 0.222. The van der Waals surface area contributed by atoms with Gasteiger partial charge in [-0.25, -0.2) is 9.97 Å². The van der Waals surface area contributed by atoms with Crippen molar-refractivity contribution in [2.45, 2.75) is 32.1 Å². The molecule has 0 aliphatic heterocycles. The monoisotopic (exact) mass is 347 g/mol. The lowest BCUT2D eigenvalue weighted by atomic mass is 9.97. The second-order valence-corrected chi connectivity index (χ2v) is 6.16. The molecule has 0 saturated heterocycles. The number of benzene rings is 1. The van der Waals surface area contributed by atoms with Crippen molar-refractivity contribution in [1.29, 1.82) is 5.26 Å². The fourth-order valence-electron chi connectivity index (χ4n) is 2.91. The van der Waals surface area contributed by atoms with Gasteiger partial charge in [0.2, 0.25) is 5.95 Å². The van der Waals surface area contributed by atoms with E-state index in [0.717, 1.165) is 19.3 Å². The molecule has 6 nitrogen and oxygen atoms in total. The van der Waals surface area contributed by atoms with Crippen LogP contribution in [-0.2, 0) is 0 Å². The maximum absolute atomic E-state index is 12.3. The SMILES string of the molecule is N#Cc1ccccc1Nc1nccc(C(=O)NCCC2=CCCCC2)n1. The Kier molecular flexibility index (Phi) is 5.94. The molecule has 0 radical (unpaired) electrons. The zero-order chi connectivity index (χ0) is 18.2. The Hall–Kier alpha value is -3.20. The van der Waals surface area contributed by atoms with Crippen LogP contribution in [0.1, 0.15) is 48.2 Å². The molecule has 1 aliphatic rings. The van der Waals surface area contributed by atoms with Crippen molar-refractivity contribution < 1.29 is 4.79 Å². The third-order valence-electron chi connectivity index (χ3n) is 4.30. The lowest BCUT2D eigenvalue weighted by Crippen LogP contribution is -2.26. The zero-order valence-corrected chi connectivity index (χ0v) is 14.5. The second-order valence-electron chi connectivity index (χ2n) is 6.16. The molecule has 0 spiro atoms. The molecule has 0 saturated carbocycles. The Bertz CT molecular complexity index is 853. The van der Waals surface area contributed by atoms with Crippen molar-refractivity contribution in [3.63, 3.8) is 0 Å². The van der Waals surface area contributed by atoms with Gasteiger partial charge in [0, 0.05) is 12.7 Å². The van der Waals surface area contributed by atoms with Gasteiger partial charge in [0.05, 0.1) is 11.3 Å². The third kappa shape index (κ3) is 4.67. The van der Waals surface area contributed by atoms with E-state index in [9.17, 15) is 4.79 Å². The molecular formula is C20H21N5O. The topological polar surface area (TPSA) is 90.7 Å². The first-order valence-electron chi connectivity index (χ1n) is 8.81. The van der Waals surface area contributed by atoms with E-state index in [1.807, 2.05) is 6.07 Å². The Morgan fingerprint density at radius 3 is 2.92 bits per heavy atom. The van der Waals surface area contributed by atoms with Crippen molar-refractivity contribution in [2.75, 3.05) is 11.9 Å². The number of nitrogens with one attached hydrogen (secondary N) is 2. The van der Waals surface area contributed by atoms with Crippen LogP contribution in [0, 0.1) is 11.3 Å². The standard InChI is InChI=1S/C20H21N5O/c21-14-16-8-4-5-9-17(16)24-20-23-13-11-18(25-20)19(26)22-12-10-15-6-2-1-3-7-15/h4-6,8-9,11,13H,1-3,7,10,12H2,(H,22,26)(H,23,24,25). The molecule has 6 heteroatoms. The summed E-state index contributed by atoms with van der Waals surface area (Å²) in [5.41, 5.74) is 2.83. The number of carbonyl (C=O) groups excluding carboxylic acids is 1. The lowest BCUT2D eigenvalue weighted by molar-refractivity contribution is 0.0949. The summed E-state index contributed by atoms with van der Waals surface area (Å²) >= 11 is 0. The summed E-state index contributed by atoms with van der Waals surface area (Å²) in [7, 11) is 0. The van der Waals surface area contributed by atoms with E-state index in [1.165, 1.54) is 24.6 Å². The Balaban J connectivity index is 1.60. The molecule has 2 aromatic rings. The van der Waals surface area contributed by atoms with Gasteiger partial charge < -0.3 is 10.6 Å². The second kappa shape index (κ2) is 8.77. The molecule has 0 fully saturated rings. The van der Waals surface area contributed by atoms with E-state index in [2.05, 4.69) is 32.7 Å². The molecule has 0 unspecified atom stereocenters. The highest BCUT2D eigenvalue weighted by Gasteiger charge is 2.10. The van der Waals surface area contributed by atoms with Gasteiger partial charge in [0.1, 0.15) is 11.8 Å². The molecule has 0 bridgehead atoms. The summed E-state index contributed by atoms with van der Waals surface area (Å²) in [6.45, 7) is 0.606.